The lowest BCUT2D eigenvalue weighted by atomic mass is 9.92. The van der Waals surface area contributed by atoms with Crippen LogP contribution in [-0.2, 0) is 22.9 Å². The van der Waals surface area contributed by atoms with E-state index in [0.29, 0.717) is 4.90 Å². The van der Waals surface area contributed by atoms with Crippen molar-refractivity contribution in [3.05, 3.63) is 29.3 Å². The first-order valence-electron chi connectivity index (χ1n) is 7.96. The van der Waals surface area contributed by atoms with Gasteiger partial charge in [-0.25, -0.2) is 13.1 Å². The van der Waals surface area contributed by atoms with Gasteiger partial charge >= 0.3 is 0 Å². The van der Waals surface area contributed by atoms with Gasteiger partial charge in [-0.1, -0.05) is 18.9 Å². The van der Waals surface area contributed by atoms with Crippen molar-refractivity contribution in [1.29, 1.82) is 0 Å². The van der Waals surface area contributed by atoms with Gasteiger partial charge in [0.05, 0.1) is 4.90 Å². The Morgan fingerprint density at radius 3 is 2.48 bits per heavy atom. The molecule has 0 bridgehead atoms. The van der Waals surface area contributed by atoms with E-state index in [-0.39, 0.29) is 12.1 Å². The van der Waals surface area contributed by atoms with Crippen molar-refractivity contribution in [1.82, 2.24) is 4.72 Å². The van der Waals surface area contributed by atoms with Gasteiger partial charge in [0.25, 0.3) is 0 Å². The standard InChI is InChI=1S/C16H24N2O2S/c17-15-7-3-4-8-16(15)18-21(19,20)14-10-9-12-5-1-2-6-13(12)11-14/h9-11,15-16,18H,1-8,17H2. The number of hydrogen-bond donors (Lipinski definition) is 2. The number of fused-ring (bicyclic) bond motifs is 1. The highest BCUT2D eigenvalue weighted by Gasteiger charge is 2.27. The highest BCUT2D eigenvalue weighted by atomic mass is 32.2. The molecule has 0 saturated heterocycles. The number of hydrogen-bond acceptors (Lipinski definition) is 3. The van der Waals surface area contributed by atoms with Crippen LogP contribution in [0.5, 0.6) is 0 Å². The number of rotatable bonds is 3. The molecule has 0 heterocycles. The Bertz CT molecular complexity index is 613. The molecule has 1 aromatic carbocycles. The quantitative estimate of drug-likeness (QED) is 0.898. The zero-order chi connectivity index (χ0) is 14.9. The van der Waals surface area contributed by atoms with Crippen molar-refractivity contribution in [2.45, 2.75) is 68.3 Å². The molecule has 0 radical (unpaired) electrons. The van der Waals surface area contributed by atoms with Crippen LogP contribution in [0.15, 0.2) is 23.1 Å². The number of benzene rings is 1. The summed E-state index contributed by atoms with van der Waals surface area (Å²) in [5.74, 6) is 0. The molecule has 2 atom stereocenters. The number of nitrogens with two attached hydrogens (primary N) is 1. The Morgan fingerprint density at radius 1 is 1.00 bits per heavy atom. The lowest BCUT2D eigenvalue weighted by Gasteiger charge is -2.29. The lowest BCUT2D eigenvalue weighted by Crippen LogP contribution is -2.49. The van der Waals surface area contributed by atoms with Gasteiger partial charge in [0.2, 0.25) is 10.0 Å². The smallest absolute Gasteiger partial charge is 0.240 e. The van der Waals surface area contributed by atoms with Crippen molar-refractivity contribution in [3.63, 3.8) is 0 Å². The van der Waals surface area contributed by atoms with Crippen LogP contribution >= 0.6 is 0 Å². The number of aryl methyl sites for hydroxylation is 2. The van der Waals surface area contributed by atoms with Gasteiger partial charge in [-0.2, -0.15) is 0 Å². The van der Waals surface area contributed by atoms with Crippen LogP contribution in [-0.4, -0.2) is 20.5 Å². The topological polar surface area (TPSA) is 72.2 Å². The summed E-state index contributed by atoms with van der Waals surface area (Å²) in [4.78, 5) is 0.390. The van der Waals surface area contributed by atoms with Crippen LogP contribution in [0.25, 0.3) is 0 Å². The summed E-state index contributed by atoms with van der Waals surface area (Å²) in [5.41, 5.74) is 8.54. The summed E-state index contributed by atoms with van der Waals surface area (Å²) in [6, 6.07) is 5.38. The van der Waals surface area contributed by atoms with Crippen LogP contribution in [0.4, 0.5) is 0 Å². The van der Waals surface area contributed by atoms with Gasteiger partial charge in [0.15, 0.2) is 0 Å². The SMILES string of the molecule is NC1CCCCC1NS(=O)(=O)c1ccc2c(c1)CCCC2. The summed E-state index contributed by atoms with van der Waals surface area (Å²) in [6.07, 6.45) is 8.29. The van der Waals surface area contributed by atoms with E-state index >= 15 is 0 Å². The van der Waals surface area contributed by atoms with E-state index in [2.05, 4.69) is 4.72 Å². The lowest BCUT2D eigenvalue weighted by molar-refractivity contribution is 0.361. The number of sulfonamides is 1. The molecule has 0 amide bonds. The second kappa shape index (κ2) is 6.07. The zero-order valence-electron chi connectivity index (χ0n) is 12.3. The predicted octanol–water partition coefficient (Wildman–Crippen LogP) is 2.11. The minimum atomic E-state index is -3.46. The second-order valence-electron chi connectivity index (χ2n) is 6.31. The highest BCUT2D eigenvalue weighted by Crippen LogP contribution is 2.25. The first-order valence-corrected chi connectivity index (χ1v) is 9.44. The van der Waals surface area contributed by atoms with Gasteiger partial charge in [0.1, 0.15) is 0 Å². The Labute approximate surface area is 127 Å². The maximum Gasteiger partial charge on any atom is 0.240 e. The van der Waals surface area contributed by atoms with Crippen molar-refractivity contribution < 1.29 is 8.42 Å². The molecule has 0 aliphatic heterocycles. The Kier molecular flexibility index (Phi) is 4.33. The van der Waals surface area contributed by atoms with E-state index in [1.54, 1.807) is 6.07 Å². The molecule has 5 heteroatoms. The highest BCUT2D eigenvalue weighted by molar-refractivity contribution is 7.89. The summed E-state index contributed by atoms with van der Waals surface area (Å²) in [6.45, 7) is 0. The molecule has 3 rings (SSSR count). The summed E-state index contributed by atoms with van der Waals surface area (Å²) in [5, 5.41) is 0. The molecular weight excluding hydrogens is 284 g/mol. The van der Waals surface area contributed by atoms with E-state index in [1.807, 2.05) is 12.1 Å². The van der Waals surface area contributed by atoms with Gasteiger partial charge in [-0.15, -0.1) is 0 Å². The fourth-order valence-electron chi connectivity index (χ4n) is 3.45. The van der Waals surface area contributed by atoms with Crippen molar-refractivity contribution in [2.24, 2.45) is 5.73 Å². The average molecular weight is 308 g/mol. The normalized spacial score (nSPS) is 26.3. The minimum Gasteiger partial charge on any atom is -0.326 e. The summed E-state index contributed by atoms with van der Waals surface area (Å²) >= 11 is 0. The van der Waals surface area contributed by atoms with Gasteiger partial charge in [-0.3, -0.25) is 0 Å². The summed E-state index contributed by atoms with van der Waals surface area (Å²) in [7, 11) is -3.46. The fraction of sp³-hybridized carbons (Fsp3) is 0.625. The van der Waals surface area contributed by atoms with Crippen LogP contribution in [0, 0.1) is 0 Å². The van der Waals surface area contributed by atoms with Gasteiger partial charge < -0.3 is 5.73 Å². The van der Waals surface area contributed by atoms with Crippen molar-refractivity contribution in [3.8, 4) is 0 Å². The molecule has 3 N–H and O–H groups in total. The Hall–Kier alpha value is -0.910. The molecule has 116 valence electrons. The molecule has 0 aromatic heterocycles. The largest absolute Gasteiger partial charge is 0.326 e. The monoisotopic (exact) mass is 308 g/mol. The summed E-state index contributed by atoms with van der Waals surface area (Å²) < 4.78 is 27.9. The molecule has 1 aromatic rings. The Morgan fingerprint density at radius 2 is 1.71 bits per heavy atom. The Balaban J connectivity index is 1.81. The molecule has 0 spiro atoms. The minimum absolute atomic E-state index is 0.0637. The molecule has 2 aliphatic carbocycles. The maximum absolute atomic E-state index is 12.6. The van der Waals surface area contributed by atoms with Crippen LogP contribution in [0.1, 0.15) is 49.7 Å². The van der Waals surface area contributed by atoms with E-state index in [0.717, 1.165) is 44.9 Å². The van der Waals surface area contributed by atoms with Gasteiger partial charge in [-0.05, 0) is 61.8 Å². The maximum atomic E-state index is 12.6. The van der Waals surface area contributed by atoms with Crippen molar-refractivity contribution >= 4 is 10.0 Å². The molecule has 1 saturated carbocycles. The number of nitrogens with one attached hydrogen (secondary N) is 1. The molecule has 4 nitrogen and oxygen atoms in total. The van der Waals surface area contributed by atoms with Crippen LogP contribution in [0.3, 0.4) is 0 Å². The molecule has 2 unspecified atom stereocenters. The van der Waals surface area contributed by atoms with Crippen LogP contribution in [0.2, 0.25) is 0 Å². The average Bonchev–Trinajstić information content (AvgIpc) is 2.49. The molecule has 2 aliphatic rings. The predicted molar refractivity (Wildman–Crippen MR) is 83.6 cm³/mol. The van der Waals surface area contributed by atoms with E-state index in [1.165, 1.54) is 17.5 Å². The molecular formula is C16H24N2O2S. The zero-order valence-corrected chi connectivity index (χ0v) is 13.2. The van der Waals surface area contributed by atoms with Gasteiger partial charge in [0, 0.05) is 12.1 Å². The molecule has 21 heavy (non-hydrogen) atoms. The van der Waals surface area contributed by atoms with Crippen molar-refractivity contribution in [2.75, 3.05) is 0 Å². The van der Waals surface area contributed by atoms with Crippen LogP contribution < -0.4 is 10.5 Å². The van der Waals surface area contributed by atoms with E-state index in [9.17, 15) is 8.42 Å². The second-order valence-corrected chi connectivity index (χ2v) is 8.03. The first-order chi connectivity index (χ1) is 10.1. The third-order valence-electron chi connectivity index (χ3n) is 4.76. The first kappa shape index (κ1) is 15.0. The third kappa shape index (κ3) is 3.30. The van der Waals surface area contributed by atoms with E-state index in [4.69, 9.17) is 5.73 Å². The third-order valence-corrected chi connectivity index (χ3v) is 6.24. The van der Waals surface area contributed by atoms with E-state index < -0.39 is 10.0 Å². The fourth-order valence-corrected chi connectivity index (χ4v) is 4.82. The molecule has 1 fully saturated rings.